The van der Waals surface area contributed by atoms with Gasteiger partial charge in [-0.2, -0.15) is 4.98 Å². The lowest BCUT2D eigenvalue weighted by molar-refractivity contribution is 0.0769. The van der Waals surface area contributed by atoms with Crippen LogP contribution in [0.1, 0.15) is 48.4 Å². The van der Waals surface area contributed by atoms with Crippen molar-refractivity contribution in [3.8, 4) is 11.1 Å². The second kappa shape index (κ2) is 10.5. The van der Waals surface area contributed by atoms with Crippen LogP contribution in [0.25, 0.3) is 11.1 Å². The van der Waals surface area contributed by atoms with Crippen LogP contribution in [-0.2, 0) is 12.0 Å². The topological polar surface area (TPSA) is 87.4 Å². The number of piperazine rings is 1. The number of aryl methyl sites for hydroxylation is 1. The summed E-state index contributed by atoms with van der Waals surface area (Å²) in [5, 5.41) is 7.28. The molecule has 1 fully saturated rings. The van der Waals surface area contributed by atoms with Crippen molar-refractivity contribution in [1.82, 2.24) is 25.3 Å². The number of pyridine rings is 1. The summed E-state index contributed by atoms with van der Waals surface area (Å²) in [6, 6.07) is 8.46. The number of halogens is 1. The molecule has 0 atom stereocenters. The maximum absolute atomic E-state index is 12.8. The molecule has 1 aliphatic heterocycles. The number of carbonyl (C=O) groups excluding carboxylic acids is 1. The van der Waals surface area contributed by atoms with Gasteiger partial charge in [-0.25, -0.2) is 0 Å². The molecule has 1 aromatic carbocycles. The van der Waals surface area contributed by atoms with E-state index in [2.05, 4.69) is 56.5 Å². The molecule has 3 aromatic rings. The van der Waals surface area contributed by atoms with Gasteiger partial charge in [0.25, 0.3) is 11.7 Å². The normalized spacial score (nSPS) is 14.0. The van der Waals surface area contributed by atoms with Gasteiger partial charge in [0.05, 0.1) is 11.9 Å². The maximum atomic E-state index is 12.8. The van der Waals surface area contributed by atoms with E-state index in [1.165, 1.54) is 5.56 Å². The van der Waals surface area contributed by atoms with E-state index in [1.807, 2.05) is 33.2 Å². The molecule has 8 nitrogen and oxygen atoms in total. The minimum atomic E-state index is -0.299. The van der Waals surface area contributed by atoms with E-state index in [0.717, 1.165) is 48.6 Å². The first-order chi connectivity index (χ1) is 15.7. The highest BCUT2D eigenvalue weighted by atomic mass is 35.5. The van der Waals surface area contributed by atoms with E-state index in [4.69, 9.17) is 4.52 Å². The van der Waals surface area contributed by atoms with E-state index >= 15 is 0 Å². The van der Waals surface area contributed by atoms with Crippen LogP contribution in [0.15, 0.2) is 41.2 Å². The number of nitrogens with zero attached hydrogens (tertiary/aromatic N) is 5. The third kappa shape index (κ3) is 5.56. The molecule has 0 spiro atoms. The Kier molecular flexibility index (Phi) is 7.94. The molecule has 0 bridgehead atoms. The Morgan fingerprint density at radius 3 is 2.59 bits per heavy atom. The quantitative estimate of drug-likeness (QED) is 0.588. The lowest BCUT2D eigenvalue weighted by Crippen LogP contribution is -2.43. The molecule has 0 unspecified atom stereocenters. The highest BCUT2D eigenvalue weighted by Crippen LogP contribution is 2.31. The Bertz CT molecular complexity index is 1130. The first-order valence-corrected chi connectivity index (χ1v) is 11.3. The second-order valence-corrected chi connectivity index (χ2v) is 9.61. The van der Waals surface area contributed by atoms with Gasteiger partial charge in [0.15, 0.2) is 0 Å². The van der Waals surface area contributed by atoms with Gasteiger partial charge < -0.3 is 19.6 Å². The van der Waals surface area contributed by atoms with Crippen molar-refractivity contribution in [2.75, 3.05) is 38.1 Å². The second-order valence-electron chi connectivity index (χ2n) is 9.61. The fraction of sp³-hybridized carbons (Fsp3) is 0.440. The maximum Gasteiger partial charge on any atom is 0.295 e. The summed E-state index contributed by atoms with van der Waals surface area (Å²) in [4.78, 5) is 25.5. The summed E-state index contributed by atoms with van der Waals surface area (Å²) in [5.41, 5.74) is 5.38. The number of nitrogens with one attached hydrogen (secondary N) is 1. The largest absolute Gasteiger partial charge is 0.367 e. The smallest absolute Gasteiger partial charge is 0.295 e. The van der Waals surface area contributed by atoms with Crippen LogP contribution in [-0.4, -0.2) is 59.2 Å². The molecule has 1 aliphatic rings. The lowest BCUT2D eigenvalue weighted by Gasteiger charge is -2.31. The van der Waals surface area contributed by atoms with Gasteiger partial charge in [0.2, 0.25) is 5.89 Å². The van der Waals surface area contributed by atoms with Gasteiger partial charge in [-0.15, -0.1) is 12.4 Å². The molecule has 1 N–H and O–H groups in total. The molecule has 0 aliphatic carbocycles. The molecule has 4 rings (SSSR count). The van der Waals surface area contributed by atoms with E-state index < -0.39 is 0 Å². The summed E-state index contributed by atoms with van der Waals surface area (Å²) in [6.45, 7) is 12.3. The SMILES string of the molecule is Cc1cc(-c2ccncc2N2CCNCC2)ccc1CN(C)C(=O)c1noc(C(C)(C)C)n1.Cl. The highest BCUT2D eigenvalue weighted by Gasteiger charge is 2.26. The summed E-state index contributed by atoms with van der Waals surface area (Å²) in [6.07, 6.45) is 3.79. The van der Waals surface area contributed by atoms with Crippen molar-refractivity contribution in [2.45, 2.75) is 39.7 Å². The number of hydrogen-bond acceptors (Lipinski definition) is 7. The fourth-order valence-corrected chi connectivity index (χ4v) is 3.94. The van der Waals surface area contributed by atoms with Crippen LogP contribution < -0.4 is 10.2 Å². The standard InChI is InChI=1S/C25H32N6O2.ClH/c1-17-14-18(20-8-9-27-15-21(20)31-12-10-26-11-13-31)6-7-19(17)16-30(5)23(32)22-28-24(33-29-22)25(2,3)4;/h6-9,14-15,26H,10-13,16H2,1-5H3;1H. The van der Waals surface area contributed by atoms with Gasteiger partial charge in [-0.05, 0) is 29.7 Å². The Morgan fingerprint density at radius 1 is 1.21 bits per heavy atom. The Hall–Kier alpha value is -2.97. The molecule has 1 amide bonds. The molecular formula is C25H33ClN6O2. The van der Waals surface area contributed by atoms with E-state index in [-0.39, 0.29) is 29.6 Å². The zero-order valence-corrected chi connectivity index (χ0v) is 21.3. The monoisotopic (exact) mass is 484 g/mol. The minimum Gasteiger partial charge on any atom is -0.367 e. The predicted molar refractivity (Wildman–Crippen MR) is 136 cm³/mol. The van der Waals surface area contributed by atoms with E-state index in [1.54, 1.807) is 11.9 Å². The van der Waals surface area contributed by atoms with Crippen LogP contribution in [0, 0.1) is 6.92 Å². The first kappa shape index (κ1) is 25.6. The van der Waals surface area contributed by atoms with Crippen molar-refractivity contribution in [1.29, 1.82) is 0 Å². The zero-order chi connectivity index (χ0) is 23.6. The summed E-state index contributed by atoms with van der Waals surface area (Å²) < 4.78 is 5.28. The van der Waals surface area contributed by atoms with E-state index in [0.29, 0.717) is 12.4 Å². The van der Waals surface area contributed by atoms with E-state index in [9.17, 15) is 4.79 Å². The average Bonchev–Trinajstić information content (AvgIpc) is 3.31. The predicted octanol–water partition coefficient (Wildman–Crippen LogP) is 3.84. The summed E-state index contributed by atoms with van der Waals surface area (Å²) in [5.74, 6) is 0.291. The number of carbonyl (C=O) groups is 1. The van der Waals surface area contributed by atoms with Gasteiger partial charge in [0, 0.05) is 56.9 Å². The third-order valence-corrected chi connectivity index (χ3v) is 5.92. The van der Waals surface area contributed by atoms with Crippen molar-refractivity contribution >= 4 is 24.0 Å². The number of aromatic nitrogens is 3. The van der Waals surface area contributed by atoms with Crippen LogP contribution in [0.4, 0.5) is 5.69 Å². The molecule has 2 aromatic heterocycles. The van der Waals surface area contributed by atoms with Gasteiger partial charge in [-0.1, -0.05) is 44.1 Å². The van der Waals surface area contributed by atoms with Gasteiger partial charge in [0.1, 0.15) is 0 Å². The number of amides is 1. The Balaban J connectivity index is 0.00000324. The van der Waals surface area contributed by atoms with Crippen molar-refractivity contribution in [2.24, 2.45) is 0 Å². The van der Waals surface area contributed by atoms with Crippen molar-refractivity contribution in [3.05, 3.63) is 59.5 Å². The average molecular weight is 485 g/mol. The summed E-state index contributed by atoms with van der Waals surface area (Å²) >= 11 is 0. The van der Waals surface area contributed by atoms with Gasteiger partial charge >= 0.3 is 0 Å². The molecule has 34 heavy (non-hydrogen) atoms. The zero-order valence-electron chi connectivity index (χ0n) is 20.5. The molecule has 3 heterocycles. The van der Waals surface area contributed by atoms with Crippen molar-refractivity contribution in [3.63, 3.8) is 0 Å². The number of benzene rings is 1. The van der Waals surface area contributed by atoms with Crippen LogP contribution in [0.3, 0.4) is 0 Å². The molecular weight excluding hydrogens is 452 g/mol. The van der Waals surface area contributed by atoms with Gasteiger partial charge in [-0.3, -0.25) is 9.78 Å². The molecule has 182 valence electrons. The van der Waals surface area contributed by atoms with Crippen LogP contribution >= 0.6 is 12.4 Å². The minimum absolute atomic E-state index is 0. The number of hydrogen-bond donors (Lipinski definition) is 1. The molecule has 0 saturated carbocycles. The lowest BCUT2D eigenvalue weighted by atomic mass is 9.97. The number of rotatable bonds is 5. The molecule has 9 heteroatoms. The van der Waals surface area contributed by atoms with Crippen molar-refractivity contribution < 1.29 is 9.32 Å². The summed E-state index contributed by atoms with van der Waals surface area (Å²) in [7, 11) is 1.76. The molecule has 1 saturated heterocycles. The first-order valence-electron chi connectivity index (χ1n) is 11.3. The Morgan fingerprint density at radius 2 is 1.94 bits per heavy atom. The van der Waals surface area contributed by atoms with Crippen LogP contribution in [0.5, 0.6) is 0 Å². The number of anilines is 1. The van der Waals surface area contributed by atoms with Crippen LogP contribution in [0.2, 0.25) is 0 Å². The molecule has 0 radical (unpaired) electrons. The fourth-order valence-electron chi connectivity index (χ4n) is 3.94. The Labute approximate surface area is 207 Å². The third-order valence-electron chi connectivity index (χ3n) is 5.92. The highest BCUT2D eigenvalue weighted by molar-refractivity contribution is 5.90.